The standard InChI is InChI=1S/C12H21N3O/c1-9(6-7-13)2-5-12-14-11(15-16-12)8-10-3-4-10/h9-10H,2-8,13H2,1H3. The largest absolute Gasteiger partial charge is 0.339 e. The Kier molecular flexibility index (Phi) is 3.93. The van der Waals surface area contributed by atoms with Gasteiger partial charge in [0.2, 0.25) is 5.89 Å². The van der Waals surface area contributed by atoms with Crippen LogP contribution in [0.3, 0.4) is 0 Å². The van der Waals surface area contributed by atoms with Crippen molar-refractivity contribution in [2.45, 2.75) is 45.4 Å². The molecule has 1 saturated carbocycles. The molecule has 2 rings (SSSR count). The van der Waals surface area contributed by atoms with Crippen molar-refractivity contribution < 1.29 is 4.52 Å². The van der Waals surface area contributed by atoms with E-state index in [1.807, 2.05) is 0 Å². The van der Waals surface area contributed by atoms with Crippen LogP contribution in [0.2, 0.25) is 0 Å². The molecule has 0 aromatic carbocycles. The van der Waals surface area contributed by atoms with E-state index in [-0.39, 0.29) is 0 Å². The first-order valence-corrected chi connectivity index (χ1v) is 6.29. The van der Waals surface area contributed by atoms with Crippen molar-refractivity contribution in [2.75, 3.05) is 6.54 Å². The van der Waals surface area contributed by atoms with Crippen LogP contribution in [-0.4, -0.2) is 16.7 Å². The van der Waals surface area contributed by atoms with Gasteiger partial charge in [-0.15, -0.1) is 0 Å². The molecule has 4 nitrogen and oxygen atoms in total. The van der Waals surface area contributed by atoms with Gasteiger partial charge in [0, 0.05) is 12.8 Å². The number of nitrogens with two attached hydrogens (primary N) is 1. The van der Waals surface area contributed by atoms with Crippen molar-refractivity contribution in [1.82, 2.24) is 10.1 Å². The maximum Gasteiger partial charge on any atom is 0.226 e. The van der Waals surface area contributed by atoms with Crippen molar-refractivity contribution in [1.29, 1.82) is 0 Å². The highest BCUT2D eigenvalue weighted by atomic mass is 16.5. The molecule has 0 bridgehead atoms. The molecule has 1 atom stereocenters. The van der Waals surface area contributed by atoms with Gasteiger partial charge >= 0.3 is 0 Å². The lowest BCUT2D eigenvalue weighted by molar-refractivity contribution is 0.357. The maximum atomic E-state index is 5.51. The van der Waals surface area contributed by atoms with E-state index in [2.05, 4.69) is 17.1 Å². The fourth-order valence-corrected chi connectivity index (χ4v) is 1.85. The zero-order chi connectivity index (χ0) is 11.4. The van der Waals surface area contributed by atoms with Gasteiger partial charge in [0.15, 0.2) is 5.82 Å². The Hall–Kier alpha value is -0.900. The molecule has 1 aromatic rings. The fourth-order valence-electron chi connectivity index (χ4n) is 1.85. The maximum absolute atomic E-state index is 5.51. The second kappa shape index (κ2) is 5.43. The van der Waals surface area contributed by atoms with E-state index < -0.39 is 0 Å². The van der Waals surface area contributed by atoms with Gasteiger partial charge in [-0.05, 0) is 44.1 Å². The third-order valence-electron chi connectivity index (χ3n) is 3.19. The number of nitrogens with zero attached hydrogens (tertiary/aromatic N) is 2. The number of aryl methyl sites for hydroxylation is 1. The molecule has 0 spiro atoms. The molecule has 0 aliphatic heterocycles. The summed E-state index contributed by atoms with van der Waals surface area (Å²) in [6, 6.07) is 0. The lowest BCUT2D eigenvalue weighted by Crippen LogP contribution is -2.06. The van der Waals surface area contributed by atoms with Crippen LogP contribution in [0, 0.1) is 11.8 Å². The van der Waals surface area contributed by atoms with Gasteiger partial charge in [0.25, 0.3) is 0 Å². The van der Waals surface area contributed by atoms with Gasteiger partial charge in [0.05, 0.1) is 0 Å². The summed E-state index contributed by atoms with van der Waals surface area (Å²) in [5, 5.41) is 4.01. The average molecular weight is 223 g/mol. The number of rotatable bonds is 7. The summed E-state index contributed by atoms with van der Waals surface area (Å²) in [5.74, 6) is 3.15. The zero-order valence-electron chi connectivity index (χ0n) is 9.98. The summed E-state index contributed by atoms with van der Waals surface area (Å²) in [4.78, 5) is 4.41. The van der Waals surface area contributed by atoms with Gasteiger partial charge in [-0.3, -0.25) is 0 Å². The molecule has 90 valence electrons. The quantitative estimate of drug-likeness (QED) is 0.767. The molecular formula is C12H21N3O. The third-order valence-corrected chi connectivity index (χ3v) is 3.19. The summed E-state index contributed by atoms with van der Waals surface area (Å²) in [6.45, 7) is 2.98. The Labute approximate surface area is 96.6 Å². The summed E-state index contributed by atoms with van der Waals surface area (Å²) < 4.78 is 5.23. The minimum Gasteiger partial charge on any atom is -0.339 e. The number of hydrogen-bond acceptors (Lipinski definition) is 4. The molecule has 1 unspecified atom stereocenters. The molecule has 2 N–H and O–H groups in total. The lowest BCUT2D eigenvalue weighted by Gasteiger charge is -2.06. The van der Waals surface area contributed by atoms with Crippen LogP contribution in [0.5, 0.6) is 0 Å². The highest BCUT2D eigenvalue weighted by Crippen LogP contribution is 2.31. The lowest BCUT2D eigenvalue weighted by atomic mass is 10.0. The molecule has 1 aromatic heterocycles. The number of aromatic nitrogens is 2. The van der Waals surface area contributed by atoms with Gasteiger partial charge in [-0.1, -0.05) is 12.1 Å². The Morgan fingerprint density at radius 1 is 1.44 bits per heavy atom. The minimum absolute atomic E-state index is 0.642. The van der Waals surface area contributed by atoms with E-state index in [0.717, 1.165) is 49.9 Å². The summed E-state index contributed by atoms with van der Waals surface area (Å²) >= 11 is 0. The van der Waals surface area contributed by atoms with E-state index >= 15 is 0 Å². The first-order valence-electron chi connectivity index (χ1n) is 6.29. The van der Waals surface area contributed by atoms with Crippen molar-refractivity contribution in [3.05, 3.63) is 11.7 Å². The second-order valence-corrected chi connectivity index (χ2v) is 4.97. The first-order chi connectivity index (χ1) is 7.78. The van der Waals surface area contributed by atoms with Crippen molar-refractivity contribution in [3.8, 4) is 0 Å². The highest BCUT2D eigenvalue weighted by molar-refractivity contribution is 4.92. The molecule has 1 heterocycles. The number of hydrogen-bond donors (Lipinski definition) is 1. The van der Waals surface area contributed by atoms with Crippen LogP contribution in [0.15, 0.2) is 4.52 Å². The topological polar surface area (TPSA) is 64.9 Å². The molecule has 4 heteroatoms. The van der Waals surface area contributed by atoms with Crippen molar-refractivity contribution in [3.63, 3.8) is 0 Å². The van der Waals surface area contributed by atoms with Gasteiger partial charge in [-0.2, -0.15) is 4.98 Å². The molecule has 0 amide bonds. The fraction of sp³-hybridized carbons (Fsp3) is 0.833. The van der Waals surface area contributed by atoms with Crippen LogP contribution >= 0.6 is 0 Å². The van der Waals surface area contributed by atoms with E-state index in [4.69, 9.17) is 10.3 Å². The Morgan fingerprint density at radius 2 is 2.25 bits per heavy atom. The van der Waals surface area contributed by atoms with E-state index in [1.165, 1.54) is 12.8 Å². The second-order valence-electron chi connectivity index (χ2n) is 4.97. The Bertz CT molecular complexity index is 320. The predicted molar refractivity (Wildman–Crippen MR) is 61.9 cm³/mol. The molecular weight excluding hydrogens is 202 g/mol. The van der Waals surface area contributed by atoms with Crippen LogP contribution in [-0.2, 0) is 12.8 Å². The SMILES string of the molecule is CC(CCN)CCc1nc(CC2CC2)no1. The molecule has 16 heavy (non-hydrogen) atoms. The molecule has 0 radical (unpaired) electrons. The zero-order valence-corrected chi connectivity index (χ0v) is 9.98. The Morgan fingerprint density at radius 3 is 2.94 bits per heavy atom. The summed E-state index contributed by atoms with van der Waals surface area (Å²) in [5.41, 5.74) is 5.51. The summed E-state index contributed by atoms with van der Waals surface area (Å²) in [6.07, 6.45) is 6.71. The van der Waals surface area contributed by atoms with E-state index in [0.29, 0.717) is 5.92 Å². The Balaban J connectivity index is 1.73. The highest BCUT2D eigenvalue weighted by Gasteiger charge is 2.23. The van der Waals surface area contributed by atoms with Crippen LogP contribution in [0.25, 0.3) is 0 Å². The smallest absolute Gasteiger partial charge is 0.226 e. The van der Waals surface area contributed by atoms with Gasteiger partial charge < -0.3 is 10.3 Å². The van der Waals surface area contributed by atoms with E-state index in [9.17, 15) is 0 Å². The van der Waals surface area contributed by atoms with E-state index in [1.54, 1.807) is 0 Å². The molecule has 1 fully saturated rings. The monoisotopic (exact) mass is 223 g/mol. The van der Waals surface area contributed by atoms with Crippen LogP contribution in [0.4, 0.5) is 0 Å². The van der Waals surface area contributed by atoms with Crippen LogP contribution < -0.4 is 5.73 Å². The molecule has 0 saturated heterocycles. The molecule has 1 aliphatic rings. The predicted octanol–water partition coefficient (Wildman–Crippen LogP) is 1.94. The first kappa shape index (κ1) is 11.6. The molecule has 1 aliphatic carbocycles. The van der Waals surface area contributed by atoms with Crippen LogP contribution in [0.1, 0.15) is 44.3 Å². The average Bonchev–Trinajstić information content (AvgIpc) is 2.94. The van der Waals surface area contributed by atoms with Crippen molar-refractivity contribution in [2.24, 2.45) is 17.6 Å². The minimum atomic E-state index is 0.642. The summed E-state index contributed by atoms with van der Waals surface area (Å²) in [7, 11) is 0. The van der Waals surface area contributed by atoms with Gasteiger partial charge in [-0.25, -0.2) is 0 Å². The normalized spacial score (nSPS) is 17.6. The van der Waals surface area contributed by atoms with Gasteiger partial charge in [0.1, 0.15) is 0 Å². The third kappa shape index (κ3) is 3.59. The van der Waals surface area contributed by atoms with Crippen molar-refractivity contribution >= 4 is 0 Å².